The molecule has 2 aromatic heterocycles. The Morgan fingerprint density at radius 1 is 1.04 bits per heavy atom. The molecule has 144 valence electrons. The van der Waals surface area contributed by atoms with Crippen LogP contribution in [0, 0.1) is 6.92 Å². The van der Waals surface area contributed by atoms with Crippen LogP contribution >= 0.6 is 0 Å². The van der Waals surface area contributed by atoms with Gasteiger partial charge in [-0.1, -0.05) is 12.1 Å². The Morgan fingerprint density at radius 3 is 2.22 bits per heavy atom. The molecule has 1 N–H and O–H groups in total. The minimum Gasteiger partial charge on any atom is -0.408 e. The first kappa shape index (κ1) is 18.9. The van der Waals surface area contributed by atoms with Crippen LogP contribution in [-0.2, 0) is 18.9 Å². The number of aromatic amines is 1. The van der Waals surface area contributed by atoms with Crippen molar-refractivity contribution in [2.24, 2.45) is 0 Å². The zero-order chi connectivity index (χ0) is 20.0. The zero-order valence-corrected chi connectivity index (χ0v) is 13.7. The van der Waals surface area contributed by atoms with Gasteiger partial charge in [-0.15, -0.1) is 0 Å². The molecule has 0 saturated carbocycles. The number of hydrogen-bond acceptors (Lipinski definition) is 2. The number of H-pyrrole nitrogens is 1. The minimum atomic E-state index is -4.59. The molecule has 0 aliphatic carbocycles. The van der Waals surface area contributed by atoms with Crippen molar-refractivity contribution in [2.75, 3.05) is 0 Å². The van der Waals surface area contributed by atoms with E-state index >= 15 is 0 Å². The number of aryl methyl sites for hydroxylation is 1. The van der Waals surface area contributed by atoms with Gasteiger partial charge >= 0.3 is 18.1 Å². The SMILES string of the molecule is Cc1cc(C(F)(F)F)c(Cn2cc(-c3ccc(C(F)(F)F)cc3)oc2=O)[nH]1. The number of hydrogen-bond donors (Lipinski definition) is 1. The number of halogens is 6. The fourth-order valence-corrected chi connectivity index (χ4v) is 2.63. The minimum absolute atomic E-state index is 0.0504. The molecule has 2 heterocycles. The molecular weight excluding hydrogens is 378 g/mol. The molecule has 0 saturated heterocycles. The summed E-state index contributed by atoms with van der Waals surface area (Å²) in [5.74, 6) is -0.976. The zero-order valence-electron chi connectivity index (χ0n) is 13.7. The van der Waals surface area contributed by atoms with Crippen LogP contribution in [0.4, 0.5) is 26.3 Å². The van der Waals surface area contributed by atoms with Crippen molar-refractivity contribution in [3.8, 4) is 11.3 Å². The summed E-state index contributed by atoms with van der Waals surface area (Å²) in [5, 5.41) is 0. The van der Waals surface area contributed by atoms with E-state index in [1.165, 1.54) is 6.92 Å². The highest BCUT2D eigenvalue weighted by Crippen LogP contribution is 2.33. The van der Waals surface area contributed by atoms with Crippen molar-refractivity contribution < 1.29 is 30.8 Å². The Hall–Kier alpha value is -2.91. The van der Waals surface area contributed by atoms with Gasteiger partial charge in [0.1, 0.15) is 0 Å². The van der Waals surface area contributed by atoms with Gasteiger partial charge in [-0.05, 0) is 25.1 Å². The molecule has 1 aromatic carbocycles. The van der Waals surface area contributed by atoms with Crippen LogP contribution in [0.1, 0.15) is 22.5 Å². The highest BCUT2D eigenvalue weighted by Gasteiger charge is 2.35. The van der Waals surface area contributed by atoms with Crippen LogP contribution in [0.2, 0.25) is 0 Å². The third-order valence-corrected chi connectivity index (χ3v) is 3.87. The monoisotopic (exact) mass is 390 g/mol. The molecule has 3 rings (SSSR count). The van der Waals surface area contributed by atoms with Crippen LogP contribution in [0.15, 0.2) is 45.7 Å². The molecule has 10 heteroatoms. The summed E-state index contributed by atoms with van der Waals surface area (Å²) in [4.78, 5) is 14.5. The summed E-state index contributed by atoms with van der Waals surface area (Å²) in [6, 6.07) is 4.81. The van der Waals surface area contributed by atoms with Gasteiger partial charge in [0, 0.05) is 17.0 Å². The van der Waals surface area contributed by atoms with E-state index in [0.29, 0.717) is 0 Å². The number of nitrogens with one attached hydrogen (secondary N) is 1. The van der Waals surface area contributed by atoms with Crippen molar-refractivity contribution in [1.82, 2.24) is 9.55 Å². The fraction of sp³-hybridized carbons (Fsp3) is 0.235. The quantitative estimate of drug-likeness (QED) is 0.652. The lowest BCUT2D eigenvalue weighted by molar-refractivity contribution is -0.138. The van der Waals surface area contributed by atoms with Gasteiger partial charge in [-0.3, -0.25) is 4.57 Å². The molecule has 0 amide bonds. The second-order valence-corrected chi connectivity index (χ2v) is 5.91. The van der Waals surface area contributed by atoms with Gasteiger partial charge in [-0.25, -0.2) is 4.79 Å². The first-order valence-corrected chi connectivity index (χ1v) is 7.59. The lowest BCUT2D eigenvalue weighted by Gasteiger charge is -2.07. The Morgan fingerprint density at radius 2 is 1.67 bits per heavy atom. The van der Waals surface area contributed by atoms with Gasteiger partial charge in [0.05, 0.1) is 23.9 Å². The lowest BCUT2D eigenvalue weighted by Crippen LogP contribution is -2.17. The van der Waals surface area contributed by atoms with Gasteiger partial charge < -0.3 is 9.40 Å². The van der Waals surface area contributed by atoms with Gasteiger partial charge in [0.25, 0.3) is 0 Å². The summed E-state index contributed by atoms with van der Waals surface area (Å²) in [6.07, 6.45) is -7.95. The normalized spacial score (nSPS) is 12.6. The first-order chi connectivity index (χ1) is 12.4. The lowest BCUT2D eigenvalue weighted by atomic mass is 10.1. The molecule has 0 aliphatic heterocycles. The van der Waals surface area contributed by atoms with E-state index in [2.05, 4.69) is 4.98 Å². The molecule has 0 bridgehead atoms. The third-order valence-electron chi connectivity index (χ3n) is 3.87. The highest BCUT2D eigenvalue weighted by molar-refractivity contribution is 5.56. The average Bonchev–Trinajstić information content (AvgIpc) is 3.10. The molecule has 0 fully saturated rings. The maximum Gasteiger partial charge on any atom is 0.419 e. The van der Waals surface area contributed by atoms with E-state index in [1.807, 2.05) is 0 Å². The maximum absolute atomic E-state index is 13.0. The molecule has 0 spiro atoms. The molecule has 3 aromatic rings. The van der Waals surface area contributed by atoms with Crippen LogP contribution in [-0.4, -0.2) is 9.55 Å². The molecular formula is C17H12F6N2O2. The van der Waals surface area contributed by atoms with Gasteiger partial charge in [-0.2, -0.15) is 26.3 Å². The van der Waals surface area contributed by atoms with Crippen molar-refractivity contribution in [1.29, 1.82) is 0 Å². The van der Waals surface area contributed by atoms with E-state index in [9.17, 15) is 31.1 Å². The number of benzene rings is 1. The fourth-order valence-electron chi connectivity index (χ4n) is 2.63. The van der Waals surface area contributed by atoms with Crippen molar-refractivity contribution >= 4 is 0 Å². The second kappa shape index (κ2) is 6.36. The average molecular weight is 390 g/mol. The summed E-state index contributed by atoms with van der Waals surface area (Å²) >= 11 is 0. The van der Waals surface area contributed by atoms with E-state index < -0.39 is 35.8 Å². The third kappa shape index (κ3) is 3.93. The van der Waals surface area contributed by atoms with Crippen molar-refractivity contribution in [2.45, 2.75) is 25.8 Å². The van der Waals surface area contributed by atoms with Crippen molar-refractivity contribution in [3.05, 3.63) is 69.6 Å². The van der Waals surface area contributed by atoms with E-state index in [4.69, 9.17) is 4.42 Å². The molecule has 0 radical (unpaired) electrons. The molecule has 0 aliphatic rings. The number of alkyl halides is 6. The summed E-state index contributed by atoms with van der Waals surface area (Å²) in [7, 11) is 0. The second-order valence-electron chi connectivity index (χ2n) is 5.91. The summed E-state index contributed by atoms with van der Waals surface area (Å²) in [5.41, 5.74) is -1.52. The molecule has 0 unspecified atom stereocenters. The van der Waals surface area contributed by atoms with E-state index in [1.54, 1.807) is 0 Å². The topological polar surface area (TPSA) is 50.9 Å². The van der Waals surface area contributed by atoms with Crippen LogP contribution < -0.4 is 5.76 Å². The highest BCUT2D eigenvalue weighted by atomic mass is 19.4. The van der Waals surface area contributed by atoms with Crippen LogP contribution in [0.5, 0.6) is 0 Å². The standard InChI is InChI=1S/C17H12F6N2O2/c1-9-6-12(17(21,22)23)13(24-9)7-25-8-14(27-15(25)26)10-2-4-11(5-3-10)16(18,19)20/h2-6,8,24H,7H2,1H3. The Kier molecular flexibility index (Phi) is 4.44. The molecule has 4 nitrogen and oxygen atoms in total. The van der Waals surface area contributed by atoms with E-state index in [0.717, 1.165) is 41.1 Å². The number of oxazole rings is 1. The van der Waals surface area contributed by atoms with Gasteiger partial charge in [0.2, 0.25) is 0 Å². The maximum atomic E-state index is 13.0. The predicted molar refractivity (Wildman–Crippen MR) is 83.0 cm³/mol. The summed E-state index contributed by atoms with van der Waals surface area (Å²) in [6.45, 7) is 1.02. The van der Waals surface area contributed by atoms with Crippen LogP contribution in [0.3, 0.4) is 0 Å². The Labute approximate surface area is 148 Å². The van der Waals surface area contributed by atoms with E-state index in [-0.39, 0.29) is 22.7 Å². The largest absolute Gasteiger partial charge is 0.419 e. The number of aromatic nitrogens is 2. The van der Waals surface area contributed by atoms with Crippen LogP contribution in [0.25, 0.3) is 11.3 Å². The first-order valence-electron chi connectivity index (χ1n) is 7.59. The molecule has 0 atom stereocenters. The summed E-state index contributed by atoms with van der Waals surface area (Å²) < 4.78 is 82.8. The number of rotatable bonds is 3. The number of nitrogens with zero attached hydrogens (tertiary/aromatic N) is 1. The van der Waals surface area contributed by atoms with Gasteiger partial charge in [0.15, 0.2) is 5.76 Å². The Balaban J connectivity index is 1.91. The smallest absolute Gasteiger partial charge is 0.408 e. The Bertz CT molecular complexity index is 1010. The van der Waals surface area contributed by atoms with Crippen molar-refractivity contribution in [3.63, 3.8) is 0 Å². The molecule has 27 heavy (non-hydrogen) atoms. The predicted octanol–water partition coefficient (Wildman–Crippen LogP) is 4.83.